The summed E-state index contributed by atoms with van der Waals surface area (Å²) in [7, 11) is -1.98. The molecule has 0 atom stereocenters. The van der Waals surface area contributed by atoms with Crippen LogP contribution in [0, 0.1) is 6.92 Å². The van der Waals surface area contributed by atoms with Gasteiger partial charge >= 0.3 is 0 Å². The third-order valence-electron chi connectivity index (χ3n) is 4.61. The zero-order valence-corrected chi connectivity index (χ0v) is 18.8. The molecule has 0 bridgehead atoms. The fourth-order valence-electron chi connectivity index (χ4n) is 2.87. The molecule has 0 fully saturated rings. The van der Waals surface area contributed by atoms with Crippen molar-refractivity contribution in [2.75, 3.05) is 33.3 Å². The highest BCUT2D eigenvalue weighted by atomic mass is 35.5. The van der Waals surface area contributed by atoms with Crippen LogP contribution in [0.3, 0.4) is 0 Å². The van der Waals surface area contributed by atoms with Gasteiger partial charge in [0, 0.05) is 30.7 Å². The summed E-state index contributed by atoms with van der Waals surface area (Å²) in [5.74, 6) is 0.402. The number of rotatable bonds is 9. The van der Waals surface area contributed by atoms with Crippen molar-refractivity contribution in [3.05, 3.63) is 58.6 Å². The maximum absolute atomic E-state index is 12.9. The minimum absolute atomic E-state index is 0.165. The highest BCUT2D eigenvalue weighted by molar-refractivity contribution is 7.89. The van der Waals surface area contributed by atoms with Crippen LogP contribution in [0.2, 0.25) is 5.02 Å². The van der Waals surface area contributed by atoms with Gasteiger partial charge in [-0.15, -0.1) is 0 Å². The summed E-state index contributed by atoms with van der Waals surface area (Å²) in [6.07, 6.45) is 0. The fraction of sp³-hybridized carbons (Fsp3) is 0.381. The molecule has 0 saturated heterocycles. The molecule has 0 aliphatic rings. The molecule has 0 heterocycles. The normalized spacial score (nSPS) is 11.5. The number of amides is 1. The van der Waals surface area contributed by atoms with Crippen LogP contribution < -0.4 is 4.74 Å². The maximum atomic E-state index is 12.9. The molecule has 0 N–H and O–H groups in total. The van der Waals surface area contributed by atoms with Gasteiger partial charge in [-0.25, -0.2) is 8.42 Å². The largest absolute Gasteiger partial charge is 0.492 e. The topological polar surface area (TPSA) is 66.9 Å². The van der Waals surface area contributed by atoms with Gasteiger partial charge in [0.25, 0.3) is 5.91 Å². The van der Waals surface area contributed by atoms with E-state index in [0.29, 0.717) is 48.1 Å². The Morgan fingerprint density at radius 1 is 1.07 bits per heavy atom. The molecular weight excluding hydrogens is 412 g/mol. The number of carbonyl (C=O) groups excluding carboxylic acids is 1. The van der Waals surface area contributed by atoms with E-state index in [1.165, 1.54) is 15.3 Å². The molecule has 0 saturated carbocycles. The van der Waals surface area contributed by atoms with Gasteiger partial charge in [-0.3, -0.25) is 4.79 Å². The van der Waals surface area contributed by atoms with E-state index in [1.54, 1.807) is 64.2 Å². The summed E-state index contributed by atoms with van der Waals surface area (Å²) in [5, 5.41) is 0.625. The molecule has 0 spiro atoms. The van der Waals surface area contributed by atoms with Crippen molar-refractivity contribution < 1.29 is 17.9 Å². The number of nitrogens with zero attached hydrogens (tertiary/aromatic N) is 2. The number of hydrogen-bond donors (Lipinski definition) is 0. The van der Waals surface area contributed by atoms with Crippen LogP contribution in [-0.2, 0) is 10.0 Å². The second-order valence-corrected chi connectivity index (χ2v) is 8.94. The Kier molecular flexibility index (Phi) is 8.07. The third-order valence-corrected chi connectivity index (χ3v) is 7.06. The smallest absolute Gasteiger partial charge is 0.253 e. The molecule has 0 aliphatic carbocycles. The van der Waals surface area contributed by atoms with Crippen molar-refractivity contribution >= 4 is 27.5 Å². The average Bonchev–Trinajstić information content (AvgIpc) is 2.69. The summed E-state index contributed by atoms with van der Waals surface area (Å²) in [4.78, 5) is 14.4. The molecule has 6 nitrogen and oxygen atoms in total. The zero-order chi connectivity index (χ0) is 21.6. The van der Waals surface area contributed by atoms with Gasteiger partial charge in [-0.05, 0) is 48.9 Å². The van der Waals surface area contributed by atoms with Crippen LogP contribution >= 0.6 is 11.6 Å². The Hall–Kier alpha value is -2.09. The Labute approximate surface area is 178 Å². The lowest BCUT2D eigenvalue weighted by atomic mass is 10.1. The summed E-state index contributed by atoms with van der Waals surface area (Å²) in [6, 6.07) is 11.8. The number of halogens is 1. The van der Waals surface area contributed by atoms with Gasteiger partial charge in [-0.1, -0.05) is 31.5 Å². The standard InChI is InChI=1S/C21H27ClN2O4S/c1-5-24(6-2)29(26,27)20-15-17(8-7-16(20)3)21(25)23(4)13-14-28-19-11-9-18(22)10-12-19/h7-12,15H,5-6,13-14H2,1-4H3. The monoisotopic (exact) mass is 438 g/mol. The number of ether oxygens (including phenoxy) is 1. The molecule has 0 radical (unpaired) electrons. The second kappa shape index (κ2) is 10.1. The average molecular weight is 439 g/mol. The molecule has 0 unspecified atom stereocenters. The first-order chi connectivity index (χ1) is 13.7. The Morgan fingerprint density at radius 2 is 1.69 bits per heavy atom. The molecular formula is C21H27ClN2O4S. The molecule has 158 valence electrons. The zero-order valence-electron chi connectivity index (χ0n) is 17.2. The highest BCUT2D eigenvalue weighted by Gasteiger charge is 2.25. The van der Waals surface area contributed by atoms with Crippen LogP contribution in [-0.4, -0.2) is 56.8 Å². The van der Waals surface area contributed by atoms with E-state index in [0.717, 1.165) is 0 Å². The third kappa shape index (κ3) is 5.72. The minimum Gasteiger partial charge on any atom is -0.492 e. The van der Waals surface area contributed by atoms with E-state index in [9.17, 15) is 13.2 Å². The molecule has 2 aromatic carbocycles. The van der Waals surface area contributed by atoms with Gasteiger partial charge < -0.3 is 9.64 Å². The van der Waals surface area contributed by atoms with Crippen molar-refractivity contribution in [1.82, 2.24) is 9.21 Å². The van der Waals surface area contributed by atoms with Crippen LogP contribution in [0.25, 0.3) is 0 Å². The van der Waals surface area contributed by atoms with Crippen LogP contribution in [0.5, 0.6) is 5.75 Å². The highest BCUT2D eigenvalue weighted by Crippen LogP contribution is 2.22. The number of sulfonamides is 1. The lowest BCUT2D eigenvalue weighted by Gasteiger charge is -2.21. The Balaban J connectivity index is 2.11. The SMILES string of the molecule is CCN(CC)S(=O)(=O)c1cc(C(=O)N(C)CCOc2ccc(Cl)cc2)ccc1C. The van der Waals surface area contributed by atoms with E-state index in [1.807, 2.05) is 0 Å². The van der Waals surface area contributed by atoms with Gasteiger partial charge in [0.15, 0.2) is 0 Å². The van der Waals surface area contributed by atoms with E-state index in [4.69, 9.17) is 16.3 Å². The van der Waals surface area contributed by atoms with E-state index in [-0.39, 0.29) is 10.8 Å². The molecule has 29 heavy (non-hydrogen) atoms. The first kappa shape index (κ1) is 23.2. The maximum Gasteiger partial charge on any atom is 0.253 e. The lowest BCUT2D eigenvalue weighted by Crippen LogP contribution is -2.32. The number of likely N-dealkylation sites (N-methyl/N-ethyl adjacent to an activating group) is 1. The van der Waals surface area contributed by atoms with Crippen molar-refractivity contribution in [2.24, 2.45) is 0 Å². The summed E-state index contributed by atoms with van der Waals surface area (Å²) in [6.45, 7) is 6.72. The number of hydrogen-bond acceptors (Lipinski definition) is 4. The number of carbonyl (C=O) groups is 1. The molecule has 2 aromatic rings. The molecule has 2 rings (SSSR count). The van der Waals surface area contributed by atoms with E-state index >= 15 is 0 Å². The molecule has 1 amide bonds. The summed E-state index contributed by atoms with van der Waals surface area (Å²) in [5.41, 5.74) is 0.942. The Bertz CT molecular complexity index is 942. The molecule has 0 aliphatic heterocycles. The van der Waals surface area contributed by atoms with Crippen LogP contribution in [0.4, 0.5) is 0 Å². The molecule has 0 aromatic heterocycles. The van der Waals surface area contributed by atoms with Crippen molar-refractivity contribution in [1.29, 1.82) is 0 Å². The van der Waals surface area contributed by atoms with Crippen LogP contribution in [0.15, 0.2) is 47.4 Å². The lowest BCUT2D eigenvalue weighted by molar-refractivity contribution is 0.0773. The number of aryl methyl sites for hydroxylation is 1. The predicted molar refractivity (Wildman–Crippen MR) is 115 cm³/mol. The Morgan fingerprint density at radius 3 is 2.28 bits per heavy atom. The predicted octanol–water partition coefficient (Wildman–Crippen LogP) is 3.83. The van der Waals surface area contributed by atoms with Crippen molar-refractivity contribution in [3.8, 4) is 5.75 Å². The van der Waals surface area contributed by atoms with Gasteiger partial charge in [0.05, 0.1) is 11.4 Å². The van der Waals surface area contributed by atoms with E-state index < -0.39 is 10.0 Å². The first-order valence-electron chi connectivity index (χ1n) is 9.45. The minimum atomic E-state index is -3.64. The van der Waals surface area contributed by atoms with E-state index in [2.05, 4.69) is 0 Å². The van der Waals surface area contributed by atoms with Crippen molar-refractivity contribution in [3.63, 3.8) is 0 Å². The summed E-state index contributed by atoms with van der Waals surface area (Å²) >= 11 is 5.85. The quantitative estimate of drug-likeness (QED) is 0.596. The van der Waals surface area contributed by atoms with Gasteiger partial charge in [0.1, 0.15) is 12.4 Å². The first-order valence-corrected chi connectivity index (χ1v) is 11.3. The van der Waals surface area contributed by atoms with Crippen LogP contribution in [0.1, 0.15) is 29.8 Å². The summed E-state index contributed by atoms with van der Waals surface area (Å²) < 4.78 is 32.8. The van der Waals surface area contributed by atoms with Gasteiger partial charge in [0.2, 0.25) is 10.0 Å². The van der Waals surface area contributed by atoms with Crippen molar-refractivity contribution in [2.45, 2.75) is 25.7 Å². The second-order valence-electron chi connectivity index (χ2n) is 6.60. The number of benzene rings is 2. The molecule has 8 heteroatoms. The fourth-order valence-corrected chi connectivity index (χ4v) is 4.70. The van der Waals surface area contributed by atoms with Gasteiger partial charge in [-0.2, -0.15) is 4.31 Å².